The zero-order valence-corrected chi connectivity index (χ0v) is 13.5. The Morgan fingerprint density at radius 3 is 2.68 bits per heavy atom. The summed E-state index contributed by atoms with van der Waals surface area (Å²) in [6, 6.07) is 1.82. The molecule has 1 heterocycles. The molecule has 3 atom stereocenters. The molecule has 1 aliphatic rings. The van der Waals surface area contributed by atoms with Crippen LogP contribution in [0.25, 0.3) is 0 Å². The highest BCUT2D eigenvalue weighted by Crippen LogP contribution is 2.19. The second-order valence-electron chi connectivity index (χ2n) is 5.84. The lowest BCUT2D eigenvalue weighted by Gasteiger charge is -2.43. The van der Waals surface area contributed by atoms with Crippen LogP contribution in [0.1, 0.15) is 59.8 Å². The summed E-state index contributed by atoms with van der Waals surface area (Å²) in [6.45, 7) is 13.3. The maximum atomic E-state index is 5.77. The first kappa shape index (κ1) is 16.9. The number of unbranched alkanes of at least 4 members (excludes halogenated alkanes) is 1. The summed E-state index contributed by atoms with van der Waals surface area (Å²) in [5, 5.41) is 3.74. The standard InChI is InChI=1S/C16H34N2O/c1-5-8-11-18(14(4)7-3)16-13-19-12-9-15(16)17-10-6-2/h14-17H,5-13H2,1-4H3. The monoisotopic (exact) mass is 270 g/mol. The van der Waals surface area contributed by atoms with E-state index < -0.39 is 0 Å². The average Bonchev–Trinajstić information content (AvgIpc) is 2.46. The Morgan fingerprint density at radius 1 is 1.26 bits per heavy atom. The fourth-order valence-electron chi connectivity index (χ4n) is 2.91. The molecule has 19 heavy (non-hydrogen) atoms. The lowest BCUT2D eigenvalue weighted by molar-refractivity contribution is -0.0182. The summed E-state index contributed by atoms with van der Waals surface area (Å²) in [4.78, 5) is 2.69. The van der Waals surface area contributed by atoms with Gasteiger partial charge in [0, 0.05) is 24.7 Å². The molecule has 3 heteroatoms. The van der Waals surface area contributed by atoms with Gasteiger partial charge in [0.2, 0.25) is 0 Å². The van der Waals surface area contributed by atoms with E-state index in [1.165, 1.54) is 32.2 Å². The molecule has 0 aromatic rings. The Bertz CT molecular complexity index is 223. The Morgan fingerprint density at radius 2 is 2.05 bits per heavy atom. The van der Waals surface area contributed by atoms with Crippen LogP contribution in [-0.2, 0) is 4.74 Å². The second kappa shape index (κ2) is 9.73. The molecule has 3 nitrogen and oxygen atoms in total. The fourth-order valence-corrected chi connectivity index (χ4v) is 2.91. The van der Waals surface area contributed by atoms with Crippen LogP contribution in [-0.4, -0.2) is 49.3 Å². The topological polar surface area (TPSA) is 24.5 Å². The number of hydrogen-bond acceptors (Lipinski definition) is 3. The maximum Gasteiger partial charge on any atom is 0.0637 e. The minimum absolute atomic E-state index is 0.557. The van der Waals surface area contributed by atoms with Crippen molar-refractivity contribution in [2.45, 2.75) is 77.9 Å². The molecule has 0 spiro atoms. The number of nitrogens with one attached hydrogen (secondary N) is 1. The molecule has 0 aromatic heterocycles. The first-order valence-corrected chi connectivity index (χ1v) is 8.31. The fraction of sp³-hybridized carbons (Fsp3) is 1.00. The van der Waals surface area contributed by atoms with E-state index >= 15 is 0 Å². The predicted molar refractivity (Wildman–Crippen MR) is 82.7 cm³/mol. The van der Waals surface area contributed by atoms with Crippen molar-refractivity contribution in [2.75, 3.05) is 26.3 Å². The molecule has 3 unspecified atom stereocenters. The number of ether oxygens (including phenoxy) is 1. The molecule has 114 valence electrons. The molecule has 0 saturated carbocycles. The SMILES string of the molecule is CCCCN(C(C)CC)C1COCCC1NCCC. The Kier molecular flexibility index (Phi) is 8.67. The van der Waals surface area contributed by atoms with Gasteiger partial charge in [-0.1, -0.05) is 27.2 Å². The van der Waals surface area contributed by atoms with Crippen LogP contribution < -0.4 is 5.32 Å². The molecule has 1 N–H and O–H groups in total. The number of hydrogen-bond donors (Lipinski definition) is 1. The van der Waals surface area contributed by atoms with Crippen molar-refractivity contribution in [3.05, 3.63) is 0 Å². The first-order valence-electron chi connectivity index (χ1n) is 8.31. The van der Waals surface area contributed by atoms with Gasteiger partial charge < -0.3 is 10.1 Å². The second-order valence-corrected chi connectivity index (χ2v) is 5.84. The van der Waals surface area contributed by atoms with Crippen molar-refractivity contribution in [1.29, 1.82) is 0 Å². The molecule has 0 bridgehead atoms. The minimum Gasteiger partial charge on any atom is -0.380 e. The van der Waals surface area contributed by atoms with E-state index in [-0.39, 0.29) is 0 Å². The van der Waals surface area contributed by atoms with Gasteiger partial charge in [-0.05, 0) is 45.7 Å². The highest BCUT2D eigenvalue weighted by molar-refractivity contribution is 4.89. The first-order chi connectivity index (χ1) is 9.24. The van der Waals surface area contributed by atoms with Crippen molar-refractivity contribution in [2.24, 2.45) is 0 Å². The predicted octanol–water partition coefficient (Wildman–Crippen LogP) is 3.04. The lowest BCUT2D eigenvalue weighted by Crippen LogP contribution is -2.57. The van der Waals surface area contributed by atoms with Crippen molar-refractivity contribution in [1.82, 2.24) is 10.2 Å². The van der Waals surface area contributed by atoms with Gasteiger partial charge in [0.25, 0.3) is 0 Å². The molecule has 0 aromatic carbocycles. The molecule has 0 amide bonds. The van der Waals surface area contributed by atoms with Gasteiger partial charge in [-0.2, -0.15) is 0 Å². The third kappa shape index (κ3) is 5.41. The van der Waals surface area contributed by atoms with Crippen molar-refractivity contribution < 1.29 is 4.74 Å². The van der Waals surface area contributed by atoms with Gasteiger partial charge in [0.15, 0.2) is 0 Å². The zero-order chi connectivity index (χ0) is 14.1. The van der Waals surface area contributed by atoms with Crippen LogP contribution >= 0.6 is 0 Å². The molecular weight excluding hydrogens is 236 g/mol. The van der Waals surface area contributed by atoms with Crippen molar-refractivity contribution >= 4 is 0 Å². The minimum atomic E-state index is 0.557. The summed E-state index contributed by atoms with van der Waals surface area (Å²) in [6.07, 6.45) is 6.15. The van der Waals surface area contributed by atoms with Crippen LogP contribution in [0, 0.1) is 0 Å². The molecule has 0 aliphatic carbocycles. The molecule has 1 rings (SSSR count). The summed E-state index contributed by atoms with van der Waals surface area (Å²) in [5.41, 5.74) is 0. The molecular formula is C16H34N2O. The van der Waals surface area contributed by atoms with Gasteiger partial charge in [-0.15, -0.1) is 0 Å². The largest absolute Gasteiger partial charge is 0.380 e. The third-order valence-corrected chi connectivity index (χ3v) is 4.34. The maximum absolute atomic E-state index is 5.77. The lowest BCUT2D eigenvalue weighted by atomic mass is 9.98. The normalized spacial score (nSPS) is 25.7. The molecule has 1 saturated heterocycles. The van der Waals surface area contributed by atoms with Crippen LogP contribution in [0.2, 0.25) is 0 Å². The van der Waals surface area contributed by atoms with E-state index in [1.54, 1.807) is 0 Å². The van der Waals surface area contributed by atoms with Crippen LogP contribution in [0.4, 0.5) is 0 Å². The van der Waals surface area contributed by atoms with Gasteiger partial charge in [-0.3, -0.25) is 4.90 Å². The molecule has 1 aliphatic heterocycles. The van der Waals surface area contributed by atoms with E-state index in [0.717, 1.165) is 26.2 Å². The van der Waals surface area contributed by atoms with Crippen LogP contribution in [0.5, 0.6) is 0 Å². The van der Waals surface area contributed by atoms with Crippen molar-refractivity contribution in [3.8, 4) is 0 Å². The number of rotatable bonds is 9. The smallest absolute Gasteiger partial charge is 0.0637 e. The third-order valence-electron chi connectivity index (χ3n) is 4.34. The zero-order valence-electron chi connectivity index (χ0n) is 13.5. The number of nitrogens with zero attached hydrogens (tertiary/aromatic N) is 1. The van der Waals surface area contributed by atoms with E-state index in [9.17, 15) is 0 Å². The summed E-state index contributed by atoms with van der Waals surface area (Å²) < 4.78 is 5.77. The Hall–Kier alpha value is -0.120. The van der Waals surface area contributed by atoms with E-state index in [4.69, 9.17) is 4.74 Å². The Labute approximate surface area is 120 Å². The van der Waals surface area contributed by atoms with Gasteiger partial charge in [-0.25, -0.2) is 0 Å². The van der Waals surface area contributed by atoms with Gasteiger partial charge >= 0.3 is 0 Å². The summed E-state index contributed by atoms with van der Waals surface area (Å²) >= 11 is 0. The highest BCUT2D eigenvalue weighted by atomic mass is 16.5. The summed E-state index contributed by atoms with van der Waals surface area (Å²) in [7, 11) is 0. The van der Waals surface area contributed by atoms with E-state index in [2.05, 4.69) is 37.9 Å². The van der Waals surface area contributed by atoms with Crippen LogP contribution in [0.15, 0.2) is 0 Å². The van der Waals surface area contributed by atoms with Gasteiger partial charge in [0.05, 0.1) is 6.61 Å². The van der Waals surface area contributed by atoms with E-state index in [0.29, 0.717) is 18.1 Å². The summed E-state index contributed by atoms with van der Waals surface area (Å²) in [5.74, 6) is 0. The quantitative estimate of drug-likeness (QED) is 0.697. The highest BCUT2D eigenvalue weighted by Gasteiger charge is 2.32. The van der Waals surface area contributed by atoms with E-state index in [1.807, 2.05) is 0 Å². The van der Waals surface area contributed by atoms with Crippen LogP contribution in [0.3, 0.4) is 0 Å². The van der Waals surface area contributed by atoms with Crippen molar-refractivity contribution in [3.63, 3.8) is 0 Å². The average molecular weight is 270 g/mol. The molecule has 1 fully saturated rings. The van der Waals surface area contributed by atoms with Gasteiger partial charge in [0.1, 0.15) is 0 Å². The molecule has 0 radical (unpaired) electrons. The Balaban J connectivity index is 2.65.